The van der Waals surface area contributed by atoms with E-state index >= 15 is 0 Å². The second-order valence-corrected chi connectivity index (χ2v) is 10.0. The summed E-state index contributed by atoms with van der Waals surface area (Å²) in [6.45, 7) is 10.5. The van der Waals surface area contributed by atoms with Crippen molar-refractivity contribution >= 4 is 23.0 Å². The van der Waals surface area contributed by atoms with Gasteiger partial charge in [0.25, 0.3) is 0 Å². The Morgan fingerprint density at radius 1 is 1.09 bits per heavy atom. The zero-order chi connectivity index (χ0) is 23.8. The van der Waals surface area contributed by atoms with Gasteiger partial charge in [-0.05, 0) is 80.0 Å². The molecule has 1 heterocycles. The average Bonchev–Trinajstić information content (AvgIpc) is 3.22. The SMILES string of the molecule is CCC(CC)(c1ccc(OC2CCCC(C)(C)C2=O)c(C)c1)c1ccc2oc(C=O)cc2c1. The van der Waals surface area contributed by atoms with Crippen LogP contribution in [0.5, 0.6) is 5.75 Å². The highest BCUT2D eigenvalue weighted by molar-refractivity contribution is 5.89. The topological polar surface area (TPSA) is 56.5 Å². The minimum Gasteiger partial charge on any atom is -0.482 e. The molecule has 0 N–H and O–H groups in total. The van der Waals surface area contributed by atoms with Crippen LogP contribution in [0.2, 0.25) is 0 Å². The van der Waals surface area contributed by atoms with Gasteiger partial charge in [0, 0.05) is 16.2 Å². The van der Waals surface area contributed by atoms with Crippen LogP contribution in [0.25, 0.3) is 11.0 Å². The first kappa shape index (κ1) is 23.3. The molecule has 1 atom stereocenters. The normalized spacial score (nSPS) is 18.5. The van der Waals surface area contributed by atoms with Crippen molar-refractivity contribution < 1.29 is 18.7 Å². The van der Waals surface area contributed by atoms with E-state index in [0.717, 1.165) is 60.7 Å². The number of ether oxygens (including phenoxy) is 1. The summed E-state index contributed by atoms with van der Waals surface area (Å²) in [5, 5.41) is 0.941. The van der Waals surface area contributed by atoms with Crippen LogP contribution >= 0.6 is 0 Å². The quantitative estimate of drug-likeness (QED) is 0.361. The number of fused-ring (bicyclic) bond motifs is 1. The van der Waals surface area contributed by atoms with Gasteiger partial charge in [0.05, 0.1) is 0 Å². The predicted molar refractivity (Wildman–Crippen MR) is 131 cm³/mol. The fourth-order valence-electron chi connectivity index (χ4n) is 5.42. The van der Waals surface area contributed by atoms with E-state index in [0.29, 0.717) is 5.76 Å². The molecule has 174 valence electrons. The first-order chi connectivity index (χ1) is 15.7. The maximum absolute atomic E-state index is 12.8. The van der Waals surface area contributed by atoms with Crippen molar-refractivity contribution in [1.82, 2.24) is 0 Å². The summed E-state index contributed by atoms with van der Waals surface area (Å²) in [4.78, 5) is 24.0. The molecule has 4 heteroatoms. The van der Waals surface area contributed by atoms with Gasteiger partial charge in [-0.3, -0.25) is 9.59 Å². The van der Waals surface area contributed by atoms with Gasteiger partial charge in [0.15, 0.2) is 23.9 Å². The third-order valence-corrected chi connectivity index (χ3v) is 7.64. The number of Topliss-reactive ketones (excluding diaryl/α,β-unsaturated/α-hetero) is 1. The Labute approximate surface area is 196 Å². The number of aryl methyl sites for hydroxylation is 1. The van der Waals surface area contributed by atoms with Crippen LogP contribution in [0.3, 0.4) is 0 Å². The minimum atomic E-state index is -0.365. The van der Waals surface area contributed by atoms with Crippen molar-refractivity contribution in [3.8, 4) is 5.75 Å². The monoisotopic (exact) mass is 446 g/mol. The van der Waals surface area contributed by atoms with Gasteiger partial charge in [-0.15, -0.1) is 0 Å². The summed E-state index contributed by atoms with van der Waals surface area (Å²) in [7, 11) is 0. The number of hydrogen-bond acceptors (Lipinski definition) is 4. The van der Waals surface area contributed by atoms with Crippen LogP contribution in [-0.4, -0.2) is 18.2 Å². The van der Waals surface area contributed by atoms with Crippen molar-refractivity contribution in [2.75, 3.05) is 0 Å². The number of hydrogen-bond donors (Lipinski definition) is 0. The van der Waals surface area contributed by atoms with Crippen LogP contribution in [0.15, 0.2) is 46.9 Å². The maximum Gasteiger partial charge on any atom is 0.185 e. The van der Waals surface area contributed by atoms with E-state index in [2.05, 4.69) is 45.0 Å². The molecule has 0 saturated heterocycles. The number of carbonyl (C=O) groups excluding carboxylic acids is 2. The van der Waals surface area contributed by atoms with Gasteiger partial charge in [0.2, 0.25) is 0 Å². The molecule has 0 amide bonds. The van der Waals surface area contributed by atoms with Crippen molar-refractivity contribution in [1.29, 1.82) is 0 Å². The Morgan fingerprint density at radius 3 is 2.45 bits per heavy atom. The van der Waals surface area contributed by atoms with Crippen molar-refractivity contribution in [2.45, 2.75) is 78.2 Å². The fourth-order valence-corrected chi connectivity index (χ4v) is 5.42. The van der Waals surface area contributed by atoms with Crippen molar-refractivity contribution in [3.05, 3.63) is 64.9 Å². The molecule has 0 bridgehead atoms. The van der Waals surface area contributed by atoms with E-state index in [1.165, 1.54) is 11.1 Å². The molecule has 0 aliphatic heterocycles. The van der Waals surface area contributed by atoms with Gasteiger partial charge in [-0.1, -0.05) is 45.9 Å². The zero-order valence-corrected chi connectivity index (χ0v) is 20.4. The third kappa shape index (κ3) is 4.12. The molecule has 4 nitrogen and oxygen atoms in total. The highest BCUT2D eigenvalue weighted by Crippen LogP contribution is 2.42. The molecule has 1 aromatic heterocycles. The number of furan rings is 1. The molecule has 0 spiro atoms. The number of rotatable bonds is 7. The fraction of sp³-hybridized carbons (Fsp3) is 0.448. The van der Waals surface area contributed by atoms with Crippen LogP contribution in [0.4, 0.5) is 0 Å². The first-order valence-corrected chi connectivity index (χ1v) is 12.1. The molecule has 33 heavy (non-hydrogen) atoms. The Kier molecular flexibility index (Phi) is 6.22. The molecule has 1 fully saturated rings. The lowest BCUT2D eigenvalue weighted by atomic mass is 9.70. The third-order valence-electron chi connectivity index (χ3n) is 7.64. The molecule has 1 aliphatic rings. The van der Waals surface area contributed by atoms with Crippen molar-refractivity contribution in [3.63, 3.8) is 0 Å². The molecular formula is C29H34O4. The van der Waals surface area contributed by atoms with Crippen molar-refractivity contribution in [2.24, 2.45) is 5.41 Å². The van der Waals surface area contributed by atoms with Gasteiger partial charge < -0.3 is 9.15 Å². The van der Waals surface area contributed by atoms with Gasteiger partial charge in [0.1, 0.15) is 11.3 Å². The van der Waals surface area contributed by atoms with E-state index in [9.17, 15) is 9.59 Å². The van der Waals surface area contributed by atoms with Gasteiger partial charge >= 0.3 is 0 Å². The maximum atomic E-state index is 12.8. The van der Waals surface area contributed by atoms with E-state index in [1.54, 1.807) is 6.07 Å². The van der Waals surface area contributed by atoms with E-state index in [-0.39, 0.29) is 22.7 Å². The Morgan fingerprint density at radius 2 is 1.79 bits per heavy atom. The molecule has 0 radical (unpaired) electrons. The number of ketones is 1. The smallest absolute Gasteiger partial charge is 0.185 e. The summed E-state index contributed by atoms with van der Waals surface area (Å²) in [6, 6.07) is 14.4. The van der Waals surface area contributed by atoms with Crippen LogP contribution < -0.4 is 4.74 Å². The zero-order valence-electron chi connectivity index (χ0n) is 20.4. The summed E-state index contributed by atoms with van der Waals surface area (Å²) in [6.07, 6.45) is 4.96. The molecule has 1 aliphatic carbocycles. The standard InChI is InChI=1S/C29H34O4/c1-6-29(7-2,22-11-13-25-20(16-22)17-23(18-30)32-25)21-10-12-24(19(3)15-21)33-26-9-8-14-28(4,5)27(26)31/h10-13,15-18,26H,6-9,14H2,1-5H3. The molecule has 3 aromatic rings. The summed E-state index contributed by atoms with van der Waals surface area (Å²) < 4.78 is 11.8. The molecule has 4 rings (SSSR count). The lowest BCUT2D eigenvalue weighted by Gasteiger charge is -2.35. The predicted octanol–water partition coefficient (Wildman–Crippen LogP) is 7.19. The number of benzene rings is 2. The second kappa shape index (κ2) is 8.81. The minimum absolute atomic E-state index is 0.168. The number of aldehydes is 1. The summed E-state index contributed by atoms with van der Waals surface area (Å²) in [5.41, 5.74) is 3.72. The van der Waals surface area contributed by atoms with Crippen LogP contribution in [0.1, 0.15) is 87.0 Å². The Bertz CT molecular complexity index is 1180. The van der Waals surface area contributed by atoms with Gasteiger partial charge in [-0.25, -0.2) is 0 Å². The highest BCUT2D eigenvalue weighted by atomic mass is 16.5. The molecule has 1 unspecified atom stereocenters. The number of carbonyl (C=O) groups is 2. The van der Waals surface area contributed by atoms with Crippen LogP contribution in [0, 0.1) is 12.3 Å². The second-order valence-electron chi connectivity index (χ2n) is 10.0. The Hall–Kier alpha value is -2.88. The van der Waals surface area contributed by atoms with Gasteiger partial charge in [-0.2, -0.15) is 0 Å². The molecular weight excluding hydrogens is 412 g/mol. The lowest BCUT2D eigenvalue weighted by Crippen LogP contribution is -2.42. The summed E-state index contributed by atoms with van der Waals surface area (Å²) >= 11 is 0. The van der Waals surface area contributed by atoms with E-state index in [4.69, 9.17) is 9.15 Å². The first-order valence-electron chi connectivity index (χ1n) is 12.1. The lowest BCUT2D eigenvalue weighted by molar-refractivity contribution is -0.137. The van der Waals surface area contributed by atoms with Crippen LogP contribution in [-0.2, 0) is 10.2 Å². The highest BCUT2D eigenvalue weighted by Gasteiger charge is 2.39. The average molecular weight is 447 g/mol. The molecule has 1 saturated carbocycles. The van der Waals surface area contributed by atoms with E-state index in [1.807, 2.05) is 26.0 Å². The Balaban J connectivity index is 1.68. The summed E-state index contributed by atoms with van der Waals surface area (Å²) in [5.74, 6) is 1.34. The molecule has 2 aromatic carbocycles. The largest absolute Gasteiger partial charge is 0.482 e. The van der Waals surface area contributed by atoms with E-state index < -0.39 is 0 Å².